The number of nitrogens with zero attached hydrogens (tertiary/aromatic N) is 5. The van der Waals surface area contributed by atoms with Gasteiger partial charge in [0.2, 0.25) is 5.91 Å². The summed E-state index contributed by atoms with van der Waals surface area (Å²) in [4.78, 5) is 24.9. The second kappa shape index (κ2) is 8.02. The highest BCUT2D eigenvalue weighted by Crippen LogP contribution is 2.44. The Morgan fingerprint density at radius 2 is 2.03 bits per heavy atom. The number of hydrogen-bond acceptors (Lipinski definition) is 8. The zero-order valence-electron chi connectivity index (χ0n) is 19.0. The van der Waals surface area contributed by atoms with E-state index >= 15 is 0 Å². The highest BCUT2D eigenvalue weighted by Gasteiger charge is 2.32. The van der Waals surface area contributed by atoms with Crippen molar-refractivity contribution < 1.29 is 4.79 Å². The predicted octanol–water partition coefficient (Wildman–Crippen LogP) is 5.58. The van der Waals surface area contributed by atoms with E-state index in [1.807, 2.05) is 16.7 Å². The molecular weight excluding hydrogens is 472 g/mol. The van der Waals surface area contributed by atoms with Gasteiger partial charge in [0.15, 0.2) is 15.9 Å². The van der Waals surface area contributed by atoms with Gasteiger partial charge in [-0.05, 0) is 44.1 Å². The summed E-state index contributed by atoms with van der Waals surface area (Å²) in [6.45, 7) is 6.35. The van der Waals surface area contributed by atoms with Gasteiger partial charge in [-0.15, -0.1) is 32.9 Å². The smallest absolute Gasteiger partial charge is 0.236 e. The second-order valence-corrected chi connectivity index (χ2v) is 12.8. The summed E-state index contributed by atoms with van der Waals surface area (Å²) >= 11 is 4.73. The highest BCUT2D eigenvalue weighted by atomic mass is 32.2. The number of hydrogen-bond donors (Lipinski definition) is 1. The van der Waals surface area contributed by atoms with Gasteiger partial charge < -0.3 is 5.32 Å². The van der Waals surface area contributed by atoms with Gasteiger partial charge in [0.1, 0.15) is 10.7 Å². The minimum Gasteiger partial charge on any atom is -0.301 e. The molecule has 0 bridgehead atoms. The van der Waals surface area contributed by atoms with Gasteiger partial charge >= 0.3 is 0 Å². The number of rotatable bonds is 5. The van der Waals surface area contributed by atoms with Crippen LogP contribution < -0.4 is 5.32 Å². The van der Waals surface area contributed by atoms with Crippen LogP contribution in [-0.2, 0) is 23.1 Å². The summed E-state index contributed by atoms with van der Waals surface area (Å²) in [5, 5.41) is 16.6. The molecule has 0 radical (unpaired) electrons. The molecule has 0 atom stereocenters. The molecule has 0 spiro atoms. The Morgan fingerprint density at radius 1 is 1.21 bits per heavy atom. The molecule has 0 aromatic carbocycles. The largest absolute Gasteiger partial charge is 0.301 e. The summed E-state index contributed by atoms with van der Waals surface area (Å²) < 4.78 is 2.13. The molecule has 1 saturated carbocycles. The van der Waals surface area contributed by atoms with E-state index in [1.54, 1.807) is 0 Å². The number of carbonyl (C=O) groups is 1. The van der Waals surface area contributed by atoms with E-state index < -0.39 is 0 Å². The first-order valence-electron chi connectivity index (χ1n) is 11.5. The maximum atomic E-state index is 12.7. The Kier molecular flexibility index (Phi) is 5.23. The lowest BCUT2D eigenvalue weighted by Gasteiger charge is -2.14. The van der Waals surface area contributed by atoms with E-state index in [-0.39, 0.29) is 17.1 Å². The number of thiophene rings is 1. The van der Waals surface area contributed by atoms with Crippen LogP contribution >= 0.6 is 34.4 Å². The van der Waals surface area contributed by atoms with E-state index in [9.17, 15) is 4.79 Å². The molecule has 1 fully saturated rings. The molecule has 4 aromatic heterocycles. The first kappa shape index (κ1) is 21.5. The van der Waals surface area contributed by atoms with Crippen LogP contribution in [-0.4, -0.2) is 36.2 Å². The van der Waals surface area contributed by atoms with Crippen molar-refractivity contribution in [1.29, 1.82) is 0 Å². The van der Waals surface area contributed by atoms with Crippen molar-refractivity contribution in [3.05, 3.63) is 27.3 Å². The van der Waals surface area contributed by atoms with Crippen molar-refractivity contribution in [2.75, 3.05) is 11.1 Å². The van der Waals surface area contributed by atoms with Crippen molar-refractivity contribution >= 4 is 61.3 Å². The highest BCUT2D eigenvalue weighted by molar-refractivity contribution is 7.99. The normalized spacial score (nSPS) is 16.5. The van der Waals surface area contributed by atoms with Crippen LogP contribution in [0.25, 0.3) is 15.9 Å². The maximum absolute atomic E-state index is 12.7. The molecule has 4 heterocycles. The molecule has 1 amide bonds. The van der Waals surface area contributed by atoms with Gasteiger partial charge in [-0.2, -0.15) is 0 Å². The minimum absolute atomic E-state index is 0.0347. The first-order valence-corrected chi connectivity index (χ1v) is 14.1. The third-order valence-corrected chi connectivity index (χ3v) is 9.12. The van der Waals surface area contributed by atoms with Crippen molar-refractivity contribution in [2.24, 2.45) is 0 Å². The summed E-state index contributed by atoms with van der Waals surface area (Å²) in [6, 6.07) is 0. The van der Waals surface area contributed by atoms with Crippen LogP contribution in [0.4, 0.5) is 5.13 Å². The van der Waals surface area contributed by atoms with Crippen LogP contribution in [0.15, 0.2) is 10.5 Å². The average molecular weight is 499 g/mol. The molecule has 10 heteroatoms. The first-order chi connectivity index (χ1) is 15.9. The Hall–Kier alpha value is -2.04. The number of aromatic nitrogens is 5. The Morgan fingerprint density at radius 3 is 2.79 bits per heavy atom. The Labute approximate surface area is 204 Å². The number of fused-ring (bicyclic) bond motifs is 5. The second-order valence-electron chi connectivity index (χ2n) is 9.90. The van der Waals surface area contributed by atoms with Gasteiger partial charge in [-0.3, -0.25) is 9.20 Å². The number of thiazole rings is 1. The van der Waals surface area contributed by atoms with Gasteiger partial charge in [0, 0.05) is 21.6 Å². The number of nitrogens with one attached hydrogen (secondary N) is 1. The molecule has 172 valence electrons. The number of anilines is 1. The monoisotopic (exact) mass is 498 g/mol. The SMILES string of the molecule is CC(C)(C)c1csc(NC(=O)CSc2nnc3c4c5c(sc4nc(C4CC4)n23)CCCC5)n1. The summed E-state index contributed by atoms with van der Waals surface area (Å²) in [7, 11) is 0. The van der Waals surface area contributed by atoms with Gasteiger partial charge in [-0.1, -0.05) is 32.5 Å². The van der Waals surface area contributed by atoms with Crippen LogP contribution in [0.2, 0.25) is 0 Å². The molecule has 33 heavy (non-hydrogen) atoms. The summed E-state index contributed by atoms with van der Waals surface area (Å²) in [5.74, 6) is 1.70. The fraction of sp³-hybridized carbons (Fsp3) is 0.522. The molecule has 2 aliphatic rings. The number of thioether (sulfide) groups is 1. The third kappa shape index (κ3) is 3.95. The zero-order valence-corrected chi connectivity index (χ0v) is 21.4. The van der Waals surface area contributed by atoms with Crippen LogP contribution in [0.3, 0.4) is 0 Å². The zero-order chi connectivity index (χ0) is 22.7. The third-order valence-electron chi connectivity index (χ3n) is 6.25. The minimum atomic E-state index is -0.0820. The number of carbonyl (C=O) groups excluding carboxylic acids is 1. The van der Waals surface area contributed by atoms with Crippen LogP contribution in [0, 0.1) is 0 Å². The molecular formula is C23H26N6OS3. The van der Waals surface area contributed by atoms with Gasteiger partial charge in [-0.25, -0.2) is 9.97 Å². The quantitative estimate of drug-likeness (QED) is 0.362. The summed E-state index contributed by atoms with van der Waals surface area (Å²) in [5.41, 5.74) is 3.29. The van der Waals surface area contributed by atoms with Crippen LogP contribution in [0.1, 0.15) is 74.3 Å². The van der Waals surface area contributed by atoms with Gasteiger partial charge in [0.25, 0.3) is 0 Å². The molecule has 1 N–H and O–H groups in total. The van der Waals surface area contributed by atoms with Crippen LogP contribution in [0.5, 0.6) is 0 Å². The fourth-order valence-corrected chi connectivity index (χ4v) is 7.28. The van der Waals surface area contributed by atoms with Crippen molar-refractivity contribution in [3.63, 3.8) is 0 Å². The molecule has 6 rings (SSSR count). The van der Waals surface area contributed by atoms with E-state index in [0.717, 1.165) is 52.8 Å². The Balaban J connectivity index is 1.28. The Bertz CT molecular complexity index is 1370. The van der Waals surface area contributed by atoms with E-state index in [2.05, 4.69) is 45.7 Å². The van der Waals surface area contributed by atoms with Crippen molar-refractivity contribution in [3.8, 4) is 0 Å². The molecule has 0 aliphatic heterocycles. The van der Waals surface area contributed by atoms with E-state index in [1.165, 1.54) is 51.8 Å². The summed E-state index contributed by atoms with van der Waals surface area (Å²) in [6.07, 6.45) is 7.02. The molecule has 0 saturated heterocycles. The van der Waals surface area contributed by atoms with Crippen molar-refractivity contribution in [2.45, 2.75) is 75.8 Å². The lowest BCUT2D eigenvalue weighted by atomic mass is 9.93. The topological polar surface area (TPSA) is 85.1 Å². The molecule has 2 aliphatic carbocycles. The molecule has 4 aromatic rings. The molecule has 0 unspecified atom stereocenters. The lowest BCUT2D eigenvalue weighted by molar-refractivity contribution is -0.113. The number of aryl methyl sites for hydroxylation is 2. The van der Waals surface area contributed by atoms with Gasteiger partial charge in [0.05, 0.1) is 16.8 Å². The average Bonchev–Trinajstić information content (AvgIpc) is 3.18. The van der Waals surface area contributed by atoms with E-state index in [4.69, 9.17) is 4.98 Å². The van der Waals surface area contributed by atoms with Crippen molar-refractivity contribution in [1.82, 2.24) is 24.6 Å². The standard InChI is InChI=1S/C23H26N6OS3/c1-23(2,3)15-10-31-21(24-15)25-16(30)11-32-22-28-27-19-17-13-6-4-5-7-14(13)33-20(17)26-18(29(19)22)12-8-9-12/h10,12H,4-9,11H2,1-3H3,(H,24,25,30). The maximum Gasteiger partial charge on any atom is 0.236 e. The fourth-order valence-electron chi connectivity index (χ4n) is 4.32. The predicted molar refractivity (Wildman–Crippen MR) is 135 cm³/mol. The number of amides is 1. The lowest BCUT2D eigenvalue weighted by Crippen LogP contribution is -2.16. The van der Waals surface area contributed by atoms with E-state index in [0.29, 0.717) is 11.0 Å². The molecule has 7 nitrogen and oxygen atoms in total.